The summed E-state index contributed by atoms with van der Waals surface area (Å²) < 4.78 is 18.7. The number of anilines is 1. The molecular weight excluding hydrogens is 502 g/mol. The minimum absolute atomic E-state index is 0.161. The van der Waals surface area contributed by atoms with Gasteiger partial charge < -0.3 is 23.7 Å². The van der Waals surface area contributed by atoms with E-state index in [4.69, 9.17) is 14.2 Å². The number of thioether (sulfide) groups is 1. The number of aromatic nitrogens is 1. The zero-order valence-corrected chi connectivity index (χ0v) is 22.6. The largest absolute Gasteiger partial charge is 0.493 e. The Balaban J connectivity index is 1.28. The van der Waals surface area contributed by atoms with Gasteiger partial charge in [0.1, 0.15) is 6.61 Å². The minimum atomic E-state index is -0.303. The van der Waals surface area contributed by atoms with Crippen molar-refractivity contribution in [3.8, 4) is 17.2 Å². The van der Waals surface area contributed by atoms with E-state index in [0.29, 0.717) is 16.4 Å². The Bertz CT molecular complexity index is 1360. The number of methoxy groups -OCH3 is 1. The molecule has 0 bridgehead atoms. The molecule has 0 radical (unpaired) electrons. The first-order valence-corrected chi connectivity index (χ1v) is 13.4. The van der Waals surface area contributed by atoms with Gasteiger partial charge in [-0.15, -0.1) is 0 Å². The summed E-state index contributed by atoms with van der Waals surface area (Å²) in [6, 6.07) is 17.8. The van der Waals surface area contributed by atoms with E-state index < -0.39 is 0 Å². The van der Waals surface area contributed by atoms with Gasteiger partial charge in [0.05, 0.1) is 31.8 Å². The molecular formula is C29H31N3O5S. The number of hydrogen-bond acceptors (Lipinski definition) is 7. The van der Waals surface area contributed by atoms with Gasteiger partial charge in [-0.1, -0.05) is 12.1 Å². The highest BCUT2D eigenvalue weighted by molar-refractivity contribution is 8.18. The average Bonchev–Trinajstić information content (AvgIpc) is 3.37. The van der Waals surface area contributed by atoms with Gasteiger partial charge in [-0.25, -0.2) is 0 Å². The first-order chi connectivity index (χ1) is 18.5. The fourth-order valence-corrected chi connectivity index (χ4v) is 5.64. The lowest BCUT2D eigenvalue weighted by Crippen LogP contribution is -2.36. The smallest absolute Gasteiger partial charge is 0.293 e. The van der Waals surface area contributed by atoms with Crippen LogP contribution in [0.2, 0.25) is 0 Å². The molecule has 0 spiro atoms. The van der Waals surface area contributed by atoms with Crippen LogP contribution in [-0.4, -0.2) is 67.2 Å². The molecule has 2 fully saturated rings. The van der Waals surface area contributed by atoms with Gasteiger partial charge in [-0.2, -0.15) is 0 Å². The number of aryl methyl sites for hydroxylation is 1. The second-order valence-corrected chi connectivity index (χ2v) is 10.1. The highest BCUT2D eigenvalue weighted by atomic mass is 32.2. The lowest BCUT2D eigenvalue weighted by Gasteiger charge is -2.29. The van der Waals surface area contributed by atoms with E-state index >= 15 is 0 Å². The van der Waals surface area contributed by atoms with E-state index in [0.717, 1.165) is 60.7 Å². The molecule has 8 nitrogen and oxygen atoms in total. The standard InChI is InChI=1S/C29H31N3O5S/c1-20-18-22(21(2)32(20)24-10-8-23(9-11-24)30-12-15-36-16-13-30)19-27-28(33)31(29(34)38-27)14-17-37-26-7-5-4-6-25(26)35-3/h4-11,18-19H,12-17H2,1-3H3/b27-19-. The number of ether oxygens (including phenoxy) is 3. The summed E-state index contributed by atoms with van der Waals surface area (Å²) in [7, 11) is 1.57. The molecule has 2 saturated heterocycles. The molecule has 0 unspecified atom stereocenters. The fourth-order valence-electron chi connectivity index (χ4n) is 4.78. The summed E-state index contributed by atoms with van der Waals surface area (Å²) in [6.45, 7) is 7.71. The summed E-state index contributed by atoms with van der Waals surface area (Å²) >= 11 is 0.961. The molecule has 3 heterocycles. The average molecular weight is 534 g/mol. The van der Waals surface area contributed by atoms with Crippen molar-refractivity contribution in [2.45, 2.75) is 13.8 Å². The second-order valence-electron chi connectivity index (χ2n) is 9.11. The molecule has 0 saturated carbocycles. The lowest BCUT2D eigenvalue weighted by atomic mass is 10.2. The first-order valence-electron chi connectivity index (χ1n) is 12.6. The molecule has 2 amide bonds. The third kappa shape index (κ3) is 5.30. The van der Waals surface area contributed by atoms with E-state index in [1.165, 1.54) is 10.6 Å². The van der Waals surface area contributed by atoms with Gasteiger partial charge >= 0.3 is 0 Å². The molecule has 2 aliphatic rings. The molecule has 2 aliphatic heterocycles. The second kappa shape index (κ2) is 11.4. The van der Waals surface area contributed by atoms with Crippen molar-refractivity contribution >= 4 is 34.7 Å². The molecule has 198 valence electrons. The number of nitrogens with zero attached hydrogens (tertiary/aromatic N) is 3. The summed E-state index contributed by atoms with van der Waals surface area (Å²) in [6.07, 6.45) is 1.81. The van der Waals surface area contributed by atoms with Crippen LogP contribution < -0.4 is 14.4 Å². The quantitative estimate of drug-likeness (QED) is 0.375. The molecule has 2 aromatic carbocycles. The number of carbonyl (C=O) groups excluding carboxylic acids is 2. The lowest BCUT2D eigenvalue weighted by molar-refractivity contribution is -0.123. The van der Waals surface area contributed by atoms with Crippen molar-refractivity contribution < 1.29 is 23.8 Å². The summed E-state index contributed by atoms with van der Waals surface area (Å²) in [5.74, 6) is 0.874. The number of morpholine rings is 1. The third-order valence-electron chi connectivity index (χ3n) is 6.76. The van der Waals surface area contributed by atoms with E-state index in [9.17, 15) is 9.59 Å². The summed E-state index contributed by atoms with van der Waals surface area (Å²) in [5, 5.41) is -0.294. The van der Waals surface area contributed by atoms with Crippen molar-refractivity contribution in [3.05, 3.63) is 76.5 Å². The predicted molar refractivity (Wildman–Crippen MR) is 149 cm³/mol. The molecule has 0 aliphatic carbocycles. The summed E-state index contributed by atoms with van der Waals surface area (Å²) in [4.78, 5) is 29.7. The van der Waals surface area contributed by atoms with Crippen LogP contribution in [0.3, 0.4) is 0 Å². The number of benzene rings is 2. The number of hydrogen-bond donors (Lipinski definition) is 0. The van der Waals surface area contributed by atoms with E-state index in [1.54, 1.807) is 19.2 Å². The van der Waals surface area contributed by atoms with Gasteiger partial charge in [0, 0.05) is 35.9 Å². The Kier molecular flexibility index (Phi) is 7.76. The van der Waals surface area contributed by atoms with Gasteiger partial charge in [-0.05, 0) is 79.7 Å². The van der Waals surface area contributed by atoms with Crippen LogP contribution >= 0.6 is 11.8 Å². The van der Waals surface area contributed by atoms with Gasteiger partial charge in [0.2, 0.25) is 0 Å². The van der Waals surface area contributed by atoms with E-state index in [1.807, 2.05) is 38.1 Å². The topological polar surface area (TPSA) is 73.2 Å². The summed E-state index contributed by atoms with van der Waals surface area (Å²) in [5.41, 5.74) is 5.21. The zero-order valence-electron chi connectivity index (χ0n) is 21.8. The number of carbonyl (C=O) groups is 2. The van der Waals surface area contributed by atoms with E-state index in [-0.39, 0.29) is 24.3 Å². The monoisotopic (exact) mass is 533 g/mol. The number of imide groups is 1. The Morgan fingerprint density at radius 3 is 2.37 bits per heavy atom. The fraction of sp³-hybridized carbons (Fsp3) is 0.310. The molecule has 5 rings (SSSR count). The molecule has 1 aromatic heterocycles. The van der Waals surface area contributed by atoms with Gasteiger partial charge in [-0.3, -0.25) is 14.5 Å². The number of rotatable bonds is 8. The van der Waals surface area contributed by atoms with Gasteiger partial charge in [0.25, 0.3) is 11.1 Å². The Morgan fingerprint density at radius 1 is 0.974 bits per heavy atom. The van der Waals surface area contributed by atoms with Gasteiger partial charge in [0.15, 0.2) is 11.5 Å². The molecule has 38 heavy (non-hydrogen) atoms. The first kappa shape index (κ1) is 25.9. The normalized spacial score (nSPS) is 17.0. The maximum absolute atomic E-state index is 13.1. The van der Waals surface area contributed by atoms with Crippen LogP contribution in [-0.2, 0) is 9.53 Å². The number of amides is 2. The Labute approximate surface area is 226 Å². The van der Waals surface area contributed by atoms with Crippen molar-refractivity contribution in [1.82, 2.24) is 9.47 Å². The van der Waals surface area contributed by atoms with Crippen molar-refractivity contribution in [2.24, 2.45) is 0 Å². The van der Waals surface area contributed by atoms with Crippen molar-refractivity contribution in [2.75, 3.05) is 51.5 Å². The minimum Gasteiger partial charge on any atom is -0.493 e. The molecule has 3 aromatic rings. The maximum atomic E-state index is 13.1. The molecule has 0 atom stereocenters. The maximum Gasteiger partial charge on any atom is 0.293 e. The van der Waals surface area contributed by atoms with Crippen LogP contribution in [0.5, 0.6) is 11.5 Å². The molecule has 9 heteroatoms. The Morgan fingerprint density at radius 2 is 1.66 bits per heavy atom. The van der Waals surface area contributed by atoms with Crippen molar-refractivity contribution in [3.63, 3.8) is 0 Å². The van der Waals surface area contributed by atoms with Crippen LogP contribution in [0, 0.1) is 13.8 Å². The van der Waals surface area contributed by atoms with E-state index in [2.05, 4.69) is 33.7 Å². The van der Waals surface area contributed by atoms with Crippen LogP contribution in [0.15, 0.2) is 59.5 Å². The SMILES string of the molecule is COc1ccccc1OCCN1C(=O)S/C(=C\c2cc(C)n(-c3ccc(N4CCOCC4)cc3)c2C)C1=O. The van der Waals surface area contributed by atoms with Crippen LogP contribution in [0.1, 0.15) is 17.0 Å². The number of para-hydroxylation sites is 2. The zero-order chi connectivity index (χ0) is 26.6. The van der Waals surface area contributed by atoms with Crippen LogP contribution in [0.25, 0.3) is 11.8 Å². The highest BCUT2D eigenvalue weighted by Gasteiger charge is 2.35. The highest BCUT2D eigenvalue weighted by Crippen LogP contribution is 2.34. The predicted octanol–water partition coefficient (Wildman–Crippen LogP) is 5.05. The Hall–Kier alpha value is -3.69. The third-order valence-corrected chi connectivity index (χ3v) is 7.66. The van der Waals surface area contributed by atoms with Crippen molar-refractivity contribution in [1.29, 1.82) is 0 Å². The molecule has 0 N–H and O–H groups in total. The van der Waals surface area contributed by atoms with Crippen LogP contribution in [0.4, 0.5) is 10.5 Å².